The number of nitrogens with one attached hydrogen (secondary N) is 1. The third-order valence-corrected chi connectivity index (χ3v) is 8.72. The number of nitrogens with zero attached hydrogens (tertiary/aromatic N) is 3. The Kier molecular flexibility index (Phi) is 6.29. The maximum absolute atomic E-state index is 12.9. The smallest absolute Gasteiger partial charge is 0.318 e. The number of benzene rings is 1. The van der Waals surface area contributed by atoms with Crippen LogP contribution in [-0.4, -0.2) is 77.6 Å². The first-order chi connectivity index (χ1) is 16.0. The number of likely N-dealkylation sites (tertiary alicyclic amines) is 1. The zero-order chi connectivity index (χ0) is 24.7. The first kappa shape index (κ1) is 24.0. The zero-order valence-electron chi connectivity index (χ0n) is 19.4. The van der Waals surface area contributed by atoms with Gasteiger partial charge in [-0.25, -0.2) is 18.7 Å². The minimum absolute atomic E-state index is 0.0526. The van der Waals surface area contributed by atoms with Crippen molar-refractivity contribution >= 4 is 21.8 Å². The van der Waals surface area contributed by atoms with Crippen LogP contribution in [0.3, 0.4) is 0 Å². The van der Waals surface area contributed by atoms with Crippen LogP contribution < -0.4 is 5.48 Å². The van der Waals surface area contributed by atoms with Crippen molar-refractivity contribution in [3.63, 3.8) is 0 Å². The molecule has 3 heterocycles. The highest BCUT2D eigenvalue weighted by molar-refractivity contribution is 7.92. The lowest BCUT2D eigenvalue weighted by atomic mass is 10.0. The Balaban J connectivity index is 1.42. The number of hydrogen-bond acceptors (Lipinski definition) is 6. The average Bonchev–Trinajstić information content (AvgIpc) is 3.32. The highest BCUT2D eigenvalue weighted by Crippen LogP contribution is 2.29. The van der Waals surface area contributed by atoms with Crippen LogP contribution in [-0.2, 0) is 21.2 Å². The predicted octanol–water partition coefficient (Wildman–Crippen LogP) is 1.55. The standard InChI is InChI=1S/C24H28N4O5S/c1-24(22(29)25-31,34(3,32)33)10-11-27-16-21-12-20(15-28(21)23(27)30)19-8-6-17(7-9-19)4-5-18-13-26(2)14-18/h6-9,12,15,18,31H,10-11,13-14,16H2,1-3H3,(H,25,29). The lowest BCUT2D eigenvalue weighted by Gasteiger charge is -2.32. The lowest BCUT2D eigenvalue weighted by Crippen LogP contribution is -2.50. The molecular weight excluding hydrogens is 456 g/mol. The molecule has 0 radical (unpaired) electrons. The Hall–Kier alpha value is -3.13. The van der Waals surface area contributed by atoms with Crippen LogP contribution in [0.2, 0.25) is 0 Å². The summed E-state index contributed by atoms with van der Waals surface area (Å²) in [6.07, 6.45) is 2.56. The molecule has 4 rings (SSSR count). The normalized spacial score (nSPS) is 18.0. The summed E-state index contributed by atoms with van der Waals surface area (Å²) in [5.74, 6) is 5.92. The van der Waals surface area contributed by atoms with E-state index in [4.69, 9.17) is 5.21 Å². The van der Waals surface area contributed by atoms with Crippen LogP contribution in [0.1, 0.15) is 24.6 Å². The third-order valence-electron chi connectivity index (χ3n) is 6.69. The number of carbonyl (C=O) groups is 2. The van der Waals surface area contributed by atoms with E-state index in [0.717, 1.165) is 41.7 Å². The van der Waals surface area contributed by atoms with Crippen LogP contribution in [0.5, 0.6) is 0 Å². The second-order valence-electron chi connectivity index (χ2n) is 9.25. The summed E-state index contributed by atoms with van der Waals surface area (Å²) in [6.45, 7) is 3.62. The van der Waals surface area contributed by atoms with Gasteiger partial charge in [0.15, 0.2) is 14.6 Å². The monoisotopic (exact) mass is 484 g/mol. The van der Waals surface area contributed by atoms with Gasteiger partial charge in [-0.1, -0.05) is 24.0 Å². The zero-order valence-corrected chi connectivity index (χ0v) is 20.2. The Labute approximate surface area is 199 Å². The third kappa shape index (κ3) is 4.46. The van der Waals surface area contributed by atoms with Crippen molar-refractivity contribution in [2.24, 2.45) is 5.92 Å². The Bertz CT molecular complexity index is 1280. The molecule has 180 valence electrons. The summed E-state index contributed by atoms with van der Waals surface area (Å²) in [5.41, 5.74) is 5.04. The maximum Gasteiger partial charge on any atom is 0.328 e. The van der Waals surface area contributed by atoms with Gasteiger partial charge in [0.05, 0.1) is 6.54 Å². The summed E-state index contributed by atoms with van der Waals surface area (Å²) < 4.78 is 24.0. The molecule has 10 heteroatoms. The number of aromatic nitrogens is 1. The van der Waals surface area contributed by atoms with Crippen molar-refractivity contribution in [3.05, 3.63) is 47.8 Å². The molecule has 1 aromatic carbocycles. The van der Waals surface area contributed by atoms with Crippen molar-refractivity contribution in [1.29, 1.82) is 0 Å². The largest absolute Gasteiger partial charge is 0.328 e. The molecule has 2 aromatic rings. The van der Waals surface area contributed by atoms with Gasteiger partial charge in [-0.05, 0) is 44.2 Å². The van der Waals surface area contributed by atoms with E-state index < -0.39 is 20.5 Å². The summed E-state index contributed by atoms with van der Waals surface area (Å²) in [4.78, 5) is 28.6. The highest BCUT2D eigenvalue weighted by Gasteiger charge is 2.44. The van der Waals surface area contributed by atoms with E-state index in [2.05, 4.69) is 23.8 Å². The second kappa shape index (κ2) is 8.91. The highest BCUT2D eigenvalue weighted by atomic mass is 32.2. The van der Waals surface area contributed by atoms with Gasteiger partial charge in [0.25, 0.3) is 5.91 Å². The quantitative estimate of drug-likeness (QED) is 0.366. The van der Waals surface area contributed by atoms with Gasteiger partial charge in [-0.3, -0.25) is 14.6 Å². The number of hydrogen-bond donors (Lipinski definition) is 2. The molecule has 0 spiro atoms. The van der Waals surface area contributed by atoms with E-state index in [1.165, 1.54) is 17.3 Å². The molecule has 0 aliphatic carbocycles. The molecule has 0 saturated carbocycles. The number of sulfone groups is 1. The molecule has 2 amide bonds. The lowest BCUT2D eigenvalue weighted by molar-refractivity contribution is -0.131. The van der Waals surface area contributed by atoms with Gasteiger partial charge in [-0.15, -0.1) is 0 Å². The van der Waals surface area contributed by atoms with E-state index in [9.17, 15) is 18.0 Å². The fourth-order valence-corrected chi connectivity index (χ4v) is 5.06. The number of amides is 2. The van der Waals surface area contributed by atoms with Gasteiger partial charge in [-0.2, -0.15) is 0 Å². The molecule has 9 nitrogen and oxygen atoms in total. The van der Waals surface area contributed by atoms with E-state index in [1.54, 1.807) is 10.8 Å². The molecule has 1 saturated heterocycles. The van der Waals surface area contributed by atoms with Gasteiger partial charge in [0, 0.05) is 54.8 Å². The summed E-state index contributed by atoms with van der Waals surface area (Å²) >= 11 is 0. The van der Waals surface area contributed by atoms with E-state index in [-0.39, 0.29) is 19.0 Å². The maximum atomic E-state index is 12.9. The Morgan fingerprint density at radius 2 is 1.91 bits per heavy atom. The summed E-state index contributed by atoms with van der Waals surface area (Å²) in [5, 5.41) is 8.96. The molecule has 0 bridgehead atoms. The van der Waals surface area contributed by atoms with Crippen molar-refractivity contribution in [2.45, 2.75) is 24.6 Å². The summed E-state index contributed by atoms with van der Waals surface area (Å²) in [7, 11) is -1.75. The van der Waals surface area contributed by atoms with Gasteiger partial charge >= 0.3 is 6.03 Å². The van der Waals surface area contributed by atoms with E-state index in [1.807, 2.05) is 30.3 Å². The summed E-state index contributed by atoms with van der Waals surface area (Å²) in [6, 6.07) is 9.55. The number of carbonyl (C=O) groups excluding carboxylic acids is 2. The van der Waals surface area contributed by atoms with Crippen LogP contribution in [0.15, 0.2) is 36.5 Å². The SMILES string of the molecule is CN1CC(C#Cc2ccc(-c3cc4n(c3)C(=O)N(CCC(C)(C(=O)NO)S(C)(=O)=O)C4)cc2)C1. The molecule has 1 unspecified atom stereocenters. The molecule has 34 heavy (non-hydrogen) atoms. The molecule has 1 atom stereocenters. The fourth-order valence-electron chi connectivity index (χ4n) is 4.21. The Morgan fingerprint density at radius 1 is 1.24 bits per heavy atom. The van der Waals surface area contributed by atoms with Crippen LogP contribution in [0, 0.1) is 17.8 Å². The minimum atomic E-state index is -3.82. The number of hydroxylamine groups is 1. The van der Waals surface area contributed by atoms with Gasteiger partial charge < -0.3 is 9.80 Å². The van der Waals surface area contributed by atoms with Gasteiger partial charge in [0.1, 0.15) is 0 Å². The first-order valence-electron chi connectivity index (χ1n) is 11.0. The molecular formula is C24H28N4O5S. The molecule has 2 N–H and O–H groups in total. The van der Waals surface area contributed by atoms with Crippen LogP contribution in [0.4, 0.5) is 4.79 Å². The van der Waals surface area contributed by atoms with Crippen LogP contribution in [0.25, 0.3) is 11.1 Å². The van der Waals surface area contributed by atoms with E-state index >= 15 is 0 Å². The van der Waals surface area contributed by atoms with Crippen molar-refractivity contribution in [3.8, 4) is 23.0 Å². The minimum Gasteiger partial charge on any atom is -0.318 e. The molecule has 1 fully saturated rings. The first-order valence-corrected chi connectivity index (χ1v) is 12.9. The average molecular weight is 485 g/mol. The van der Waals surface area contributed by atoms with Gasteiger partial charge in [0.2, 0.25) is 0 Å². The Morgan fingerprint density at radius 3 is 2.47 bits per heavy atom. The predicted molar refractivity (Wildman–Crippen MR) is 127 cm³/mol. The van der Waals surface area contributed by atoms with Crippen molar-refractivity contribution in [1.82, 2.24) is 19.8 Å². The fraction of sp³-hybridized carbons (Fsp3) is 0.417. The molecule has 2 aliphatic rings. The number of fused-ring (bicyclic) bond motifs is 1. The topological polar surface area (TPSA) is 112 Å². The van der Waals surface area contributed by atoms with Crippen molar-refractivity contribution in [2.75, 3.05) is 32.9 Å². The van der Waals surface area contributed by atoms with Crippen molar-refractivity contribution < 1.29 is 23.2 Å². The van der Waals surface area contributed by atoms with Crippen LogP contribution >= 0.6 is 0 Å². The number of rotatable bonds is 6. The molecule has 1 aromatic heterocycles. The molecule has 2 aliphatic heterocycles. The second-order valence-corrected chi connectivity index (χ2v) is 11.7. The van der Waals surface area contributed by atoms with E-state index in [0.29, 0.717) is 12.5 Å².